The maximum atomic E-state index is 11.6. The molecule has 1 aromatic rings. The Balaban J connectivity index is 3.28. The molecular weight excluding hydrogens is 280 g/mol. The SMILES string of the molecule is CCCC(C)(CC(=O)C(=O)O)c1cccc(Cl)c1OC. The van der Waals surface area contributed by atoms with Crippen LogP contribution in [-0.4, -0.2) is 24.0 Å². The van der Waals surface area contributed by atoms with Crippen molar-refractivity contribution in [2.45, 2.75) is 38.5 Å². The van der Waals surface area contributed by atoms with Crippen LogP contribution in [0.4, 0.5) is 0 Å². The van der Waals surface area contributed by atoms with Gasteiger partial charge in [-0.3, -0.25) is 4.79 Å². The average Bonchev–Trinajstić information content (AvgIpc) is 2.38. The summed E-state index contributed by atoms with van der Waals surface area (Å²) in [6.45, 7) is 3.85. The van der Waals surface area contributed by atoms with Crippen LogP contribution < -0.4 is 4.74 Å². The topological polar surface area (TPSA) is 63.6 Å². The Kier molecular flexibility index (Phi) is 5.57. The molecule has 0 saturated heterocycles. The number of rotatable bonds is 7. The van der Waals surface area contributed by atoms with Gasteiger partial charge in [0.15, 0.2) is 0 Å². The Labute approximate surface area is 123 Å². The Morgan fingerprint density at radius 1 is 1.40 bits per heavy atom. The number of ether oxygens (including phenoxy) is 1. The zero-order valence-corrected chi connectivity index (χ0v) is 12.7. The van der Waals surface area contributed by atoms with Gasteiger partial charge >= 0.3 is 5.97 Å². The number of methoxy groups -OCH3 is 1. The molecule has 5 heteroatoms. The van der Waals surface area contributed by atoms with Crippen molar-refractivity contribution in [1.29, 1.82) is 0 Å². The van der Waals surface area contributed by atoms with Crippen LogP contribution in [0.1, 0.15) is 38.7 Å². The van der Waals surface area contributed by atoms with E-state index in [0.29, 0.717) is 17.2 Å². The van der Waals surface area contributed by atoms with Gasteiger partial charge in [0, 0.05) is 17.4 Å². The first-order valence-corrected chi connectivity index (χ1v) is 6.82. The minimum absolute atomic E-state index is 0.0765. The minimum Gasteiger partial charge on any atom is -0.495 e. The fourth-order valence-electron chi connectivity index (χ4n) is 2.49. The number of carbonyl (C=O) groups excluding carboxylic acids is 1. The molecule has 1 aromatic carbocycles. The largest absolute Gasteiger partial charge is 0.495 e. The number of Topliss-reactive ketones (excluding diaryl/α,β-unsaturated/α-hetero) is 1. The molecule has 1 unspecified atom stereocenters. The Bertz CT molecular complexity index is 513. The number of carboxylic acids is 1. The smallest absolute Gasteiger partial charge is 0.372 e. The molecule has 1 N–H and O–H groups in total. The van der Waals surface area contributed by atoms with E-state index in [9.17, 15) is 9.59 Å². The number of aliphatic carboxylic acids is 1. The molecule has 4 nitrogen and oxygen atoms in total. The van der Waals surface area contributed by atoms with E-state index in [4.69, 9.17) is 21.4 Å². The fraction of sp³-hybridized carbons (Fsp3) is 0.467. The zero-order chi connectivity index (χ0) is 15.3. The molecule has 0 heterocycles. The molecule has 0 aromatic heterocycles. The molecule has 20 heavy (non-hydrogen) atoms. The van der Waals surface area contributed by atoms with E-state index in [-0.39, 0.29) is 6.42 Å². The summed E-state index contributed by atoms with van der Waals surface area (Å²) >= 11 is 6.11. The van der Waals surface area contributed by atoms with Crippen molar-refractivity contribution in [3.63, 3.8) is 0 Å². The summed E-state index contributed by atoms with van der Waals surface area (Å²) in [5.41, 5.74) is 0.157. The van der Waals surface area contributed by atoms with Crippen molar-refractivity contribution >= 4 is 23.4 Å². The molecule has 1 rings (SSSR count). The molecule has 0 radical (unpaired) electrons. The lowest BCUT2D eigenvalue weighted by atomic mass is 9.74. The van der Waals surface area contributed by atoms with Crippen LogP contribution in [0.15, 0.2) is 18.2 Å². The summed E-state index contributed by atoms with van der Waals surface area (Å²) in [6, 6.07) is 5.31. The first-order valence-electron chi connectivity index (χ1n) is 6.44. The number of benzene rings is 1. The van der Waals surface area contributed by atoms with Gasteiger partial charge in [-0.15, -0.1) is 0 Å². The molecule has 0 aliphatic carbocycles. The predicted octanol–water partition coefficient (Wildman–Crippen LogP) is 3.45. The highest BCUT2D eigenvalue weighted by atomic mass is 35.5. The number of carbonyl (C=O) groups is 2. The maximum Gasteiger partial charge on any atom is 0.372 e. The lowest BCUT2D eigenvalue weighted by molar-refractivity contribution is -0.149. The van der Waals surface area contributed by atoms with E-state index in [1.807, 2.05) is 19.9 Å². The quantitative estimate of drug-likeness (QED) is 0.783. The minimum atomic E-state index is -1.41. The first-order chi connectivity index (χ1) is 9.35. The van der Waals surface area contributed by atoms with Gasteiger partial charge < -0.3 is 9.84 Å². The molecule has 0 bridgehead atoms. The Morgan fingerprint density at radius 2 is 2.05 bits per heavy atom. The summed E-state index contributed by atoms with van der Waals surface area (Å²) in [6.07, 6.45) is 1.41. The third-order valence-electron chi connectivity index (χ3n) is 3.41. The van der Waals surface area contributed by atoms with Gasteiger partial charge in [0.05, 0.1) is 12.1 Å². The number of ketones is 1. The lowest BCUT2D eigenvalue weighted by Crippen LogP contribution is -2.29. The number of carboxylic acid groups (broad SMARTS) is 1. The van der Waals surface area contributed by atoms with E-state index in [0.717, 1.165) is 12.0 Å². The van der Waals surface area contributed by atoms with Gasteiger partial charge in [-0.2, -0.15) is 0 Å². The van der Waals surface area contributed by atoms with Crippen molar-refractivity contribution in [3.05, 3.63) is 28.8 Å². The zero-order valence-electron chi connectivity index (χ0n) is 11.9. The summed E-state index contributed by atoms with van der Waals surface area (Å²) in [5, 5.41) is 9.29. The van der Waals surface area contributed by atoms with Gasteiger partial charge in [0.25, 0.3) is 0 Å². The second kappa shape index (κ2) is 6.75. The molecular formula is C15H19ClO4. The van der Waals surface area contributed by atoms with E-state index >= 15 is 0 Å². The molecule has 1 atom stereocenters. The Morgan fingerprint density at radius 3 is 2.55 bits per heavy atom. The maximum absolute atomic E-state index is 11.6. The number of hydrogen-bond donors (Lipinski definition) is 1. The molecule has 0 fully saturated rings. The summed E-state index contributed by atoms with van der Waals surface area (Å²) < 4.78 is 5.32. The normalized spacial score (nSPS) is 13.6. The summed E-state index contributed by atoms with van der Waals surface area (Å²) in [7, 11) is 1.51. The van der Waals surface area contributed by atoms with Crippen molar-refractivity contribution in [2.24, 2.45) is 0 Å². The van der Waals surface area contributed by atoms with Crippen LogP contribution in [0.25, 0.3) is 0 Å². The number of para-hydroxylation sites is 1. The molecule has 0 aliphatic heterocycles. The molecule has 0 aliphatic rings. The predicted molar refractivity (Wildman–Crippen MR) is 77.5 cm³/mol. The van der Waals surface area contributed by atoms with Crippen LogP contribution in [0.5, 0.6) is 5.75 Å². The molecule has 0 spiro atoms. The first kappa shape index (κ1) is 16.5. The van der Waals surface area contributed by atoms with Crippen LogP contribution in [0.3, 0.4) is 0 Å². The molecule has 110 valence electrons. The third-order valence-corrected chi connectivity index (χ3v) is 3.71. The van der Waals surface area contributed by atoms with E-state index in [1.54, 1.807) is 12.1 Å². The highest BCUT2D eigenvalue weighted by molar-refractivity contribution is 6.33. The van der Waals surface area contributed by atoms with Crippen molar-refractivity contribution in [1.82, 2.24) is 0 Å². The van der Waals surface area contributed by atoms with E-state index in [1.165, 1.54) is 7.11 Å². The molecule has 0 saturated carbocycles. The van der Waals surface area contributed by atoms with Crippen molar-refractivity contribution in [3.8, 4) is 5.75 Å². The monoisotopic (exact) mass is 298 g/mol. The second-order valence-electron chi connectivity index (χ2n) is 5.04. The highest BCUT2D eigenvalue weighted by Crippen LogP contribution is 2.41. The van der Waals surface area contributed by atoms with Gasteiger partial charge in [-0.25, -0.2) is 4.79 Å². The van der Waals surface area contributed by atoms with E-state index in [2.05, 4.69) is 0 Å². The highest BCUT2D eigenvalue weighted by Gasteiger charge is 2.34. The van der Waals surface area contributed by atoms with Crippen molar-refractivity contribution < 1.29 is 19.4 Å². The second-order valence-corrected chi connectivity index (χ2v) is 5.44. The number of halogens is 1. The Hall–Kier alpha value is -1.55. The lowest BCUT2D eigenvalue weighted by Gasteiger charge is -2.30. The van der Waals surface area contributed by atoms with Gasteiger partial charge in [0.1, 0.15) is 5.75 Å². The van der Waals surface area contributed by atoms with E-state index < -0.39 is 17.2 Å². The number of hydrogen-bond acceptors (Lipinski definition) is 3. The van der Waals surface area contributed by atoms with Gasteiger partial charge in [0.2, 0.25) is 5.78 Å². The molecule has 0 amide bonds. The van der Waals surface area contributed by atoms with Crippen molar-refractivity contribution in [2.75, 3.05) is 7.11 Å². The summed E-state index contributed by atoms with van der Waals surface area (Å²) in [5.74, 6) is -1.71. The summed E-state index contributed by atoms with van der Waals surface area (Å²) in [4.78, 5) is 22.4. The third kappa shape index (κ3) is 3.51. The average molecular weight is 299 g/mol. The van der Waals surface area contributed by atoms with Crippen LogP contribution in [0.2, 0.25) is 5.02 Å². The van der Waals surface area contributed by atoms with Crippen LogP contribution >= 0.6 is 11.6 Å². The van der Waals surface area contributed by atoms with Gasteiger partial charge in [-0.1, -0.05) is 44.0 Å². The fourth-order valence-corrected chi connectivity index (χ4v) is 2.74. The van der Waals surface area contributed by atoms with Crippen LogP contribution in [0, 0.1) is 0 Å². The van der Waals surface area contributed by atoms with Crippen LogP contribution in [-0.2, 0) is 15.0 Å². The van der Waals surface area contributed by atoms with Gasteiger partial charge in [-0.05, 0) is 12.5 Å². The standard InChI is InChI=1S/C15H19ClO4/c1-4-8-15(2,9-12(17)14(18)19)10-6-5-7-11(16)13(10)20-3/h5-7H,4,8-9H2,1-3H3,(H,18,19).